The number of aromatic hydroxyl groups is 1. The van der Waals surface area contributed by atoms with Crippen LogP contribution in [0.2, 0.25) is 0 Å². The maximum absolute atomic E-state index is 12.8. The first-order chi connectivity index (χ1) is 11.7. The van der Waals surface area contributed by atoms with E-state index in [1.807, 2.05) is 0 Å². The van der Waals surface area contributed by atoms with E-state index >= 15 is 0 Å². The highest BCUT2D eigenvalue weighted by atomic mass is 16.5. The highest BCUT2D eigenvalue weighted by molar-refractivity contribution is 5.71. The van der Waals surface area contributed by atoms with Gasteiger partial charge in [-0.15, -0.1) is 0 Å². The fourth-order valence-electron chi connectivity index (χ4n) is 2.68. The SMILES string of the molecule is COC(=O)CC(c1cnn(C)c1)c1c(O)cc(C)n(CC(=O)O)c1=O. The van der Waals surface area contributed by atoms with Gasteiger partial charge < -0.3 is 19.5 Å². The van der Waals surface area contributed by atoms with Crippen LogP contribution in [0.25, 0.3) is 0 Å². The molecule has 1 atom stereocenters. The third kappa shape index (κ3) is 3.87. The van der Waals surface area contributed by atoms with Crippen LogP contribution < -0.4 is 5.56 Å². The first-order valence-electron chi connectivity index (χ1n) is 7.45. The summed E-state index contributed by atoms with van der Waals surface area (Å²) in [5.41, 5.74) is 0.102. The van der Waals surface area contributed by atoms with Gasteiger partial charge in [0, 0.05) is 24.9 Å². The van der Waals surface area contributed by atoms with E-state index in [0.717, 1.165) is 4.57 Å². The molecule has 0 fully saturated rings. The summed E-state index contributed by atoms with van der Waals surface area (Å²) >= 11 is 0. The van der Waals surface area contributed by atoms with Gasteiger partial charge in [0.05, 0.1) is 25.3 Å². The number of carboxylic acid groups (broad SMARTS) is 1. The first-order valence-corrected chi connectivity index (χ1v) is 7.45. The van der Waals surface area contributed by atoms with E-state index < -0.39 is 30.0 Å². The molecule has 134 valence electrons. The third-order valence-electron chi connectivity index (χ3n) is 3.89. The Morgan fingerprint density at radius 1 is 1.40 bits per heavy atom. The van der Waals surface area contributed by atoms with Crippen LogP contribution in [0, 0.1) is 6.92 Å². The van der Waals surface area contributed by atoms with Gasteiger partial charge in [0.1, 0.15) is 12.3 Å². The van der Waals surface area contributed by atoms with Gasteiger partial charge in [-0.2, -0.15) is 5.10 Å². The van der Waals surface area contributed by atoms with Crippen molar-refractivity contribution in [2.75, 3.05) is 7.11 Å². The van der Waals surface area contributed by atoms with E-state index in [4.69, 9.17) is 5.11 Å². The Kier molecular flexibility index (Phi) is 5.26. The molecule has 0 saturated carbocycles. The highest BCUT2D eigenvalue weighted by Gasteiger charge is 2.27. The number of ether oxygens (including phenoxy) is 1. The number of nitrogens with zero attached hydrogens (tertiary/aromatic N) is 3. The Morgan fingerprint density at radius 2 is 2.08 bits per heavy atom. The van der Waals surface area contributed by atoms with Crippen LogP contribution in [0.4, 0.5) is 0 Å². The van der Waals surface area contributed by atoms with Crippen LogP contribution in [0.3, 0.4) is 0 Å². The Hall–Kier alpha value is -3.10. The summed E-state index contributed by atoms with van der Waals surface area (Å²) in [4.78, 5) is 35.6. The lowest BCUT2D eigenvalue weighted by atomic mass is 9.90. The Balaban J connectivity index is 2.65. The minimum Gasteiger partial charge on any atom is -0.507 e. The zero-order valence-corrected chi connectivity index (χ0v) is 14.1. The second-order valence-electron chi connectivity index (χ2n) is 5.65. The van der Waals surface area contributed by atoms with Crippen LogP contribution in [-0.2, 0) is 27.9 Å². The van der Waals surface area contributed by atoms with E-state index in [1.165, 1.54) is 31.0 Å². The van der Waals surface area contributed by atoms with E-state index in [1.54, 1.807) is 13.2 Å². The molecule has 0 bridgehead atoms. The summed E-state index contributed by atoms with van der Waals surface area (Å²) in [6.07, 6.45) is 2.91. The molecule has 2 heterocycles. The highest BCUT2D eigenvalue weighted by Crippen LogP contribution is 2.32. The summed E-state index contributed by atoms with van der Waals surface area (Å²) in [6.45, 7) is 0.975. The van der Waals surface area contributed by atoms with Gasteiger partial charge in [0.25, 0.3) is 5.56 Å². The van der Waals surface area contributed by atoms with Gasteiger partial charge in [-0.25, -0.2) is 0 Å². The molecule has 2 aromatic heterocycles. The van der Waals surface area contributed by atoms with Gasteiger partial charge >= 0.3 is 11.9 Å². The number of rotatable bonds is 6. The van der Waals surface area contributed by atoms with Crippen molar-refractivity contribution in [2.24, 2.45) is 7.05 Å². The molecule has 0 saturated heterocycles. The molecular weight excluding hydrogens is 330 g/mol. The van der Waals surface area contributed by atoms with Gasteiger partial charge in [0.2, 0.25) is 0 Å². The molecule has 2 aromatic rings. The minimum absolute atomic E-state index is 0.0646. The largest absolute Gasteiger partial charge is 0.507 e. The van der Waals surface area contributed by atoms with E-state index in [-0.39, 0.29) is 17.7 Å². The lowest BCUT2D eigenvalue weighted by Crippen LogP contribution is -2.30. The molecule has 9 nitrogen and oxygen atoms in total. The lowest BCUT2D eigenvalue weighted by molar-refractivity contribution is -0.141. The van der Waals surface area contributed by atoms with Crippen molar-refractivity contribution in [3.63, 3.8) is 0 Å². The van der Waals surface area contributed by atoms with Crippen molar-refractivity contribution in [1.29, 1.82) is 0 Å². The molecule has 0 spiro atoms. The number of pyridine rings is 1. The molecular formula is C16H19N3O6. The summed E-state index contributed by atoms with van der Waals surface area (Å²) in [5, 5.41) is 23.3. The molecule has 2 N–H and O–H groups in total. The number of aliphatic carboxylic acids is 1. The van der Waals surface area contributed by atoms with E-state index in [0.29, 0.717) is 11.3 Å². The Bertz CT molecular complexity index is 867. The molecule has 0 aliphatic heterocycles. The number of hydrogen-bond acceptors (Lipinski definition) is 6. The number of esters is 1. The van der Waals surface area contributed by atoms with Gasteiger partial charge in [-0.3, -0.25) is 19.1 Å². The summed E-state index contributed by atoms with van der Waals surface area (Å²) in [7, 11) is 2.90. The van der Waals surface area contributed by atoms with E-state index in [9.17, 15) is 19.5 Å². The molecule has 0 aromatic carbocycles. The number of methoxy groups -OCH3 is 1. The normalized spacial score (nSPS) is 12.0. The molecule has 0 aliphatic carbocycles. The predicted molar refractivity (Wildman–Crippen MR) is 86.4 cm³/mol. The summed E-state index contributed by atoms with van der Waals surface area (Å²) in [5.74, 6) is -2.87. The molecule has 25 heavy (non-hydrogen) atoms. The van der Waals surface area contributed by atoms with Gasteiger partial charge in [-0.05, 0) is 18.6 Å². The maximum atomic E-state index is 12.8. The van der Waals surface area contributed by atoms with Crippen molar-refractivity contribution in [2.45, 2.75) is 25.8 Å². The number of hydrogen-bond donors (Lipinski definition) is 2. The van der Waals surface area contributed by atoms with Crippen LogP contribution in [0.15, 0.2) is 23.3 Å². The average Bonchev–Trinajstić information content (AvgIpc) is 2.96. The molecule has 1 unspecified atom stereocenters. The zero-order valence-electron chi connectivity index (χ0n) is 14.1. The minimum atomic E-state index is -1.19. The van der Waals surface area contributed by atoms with Crippen LogP contribution in [0.5, 0.6) is 5.75 Å². The van der Waals surface area contributed by atoms with E-state index in [2.05, 4.69) is 9.84 Å². The van der Waals surface area contributed by atoms with Crippen molar-refractivity contribution in [3.8, 4) is 5.75 Å². The monoisotopic (exact) mass is 349 g/mol. The molecule has 0 radical (unpaired) electrons. The fourth-order valence-corrected chi connectivity index (χ4v) is 2.68. The third-order valence-corrected chi connectivity index (χ3v) is 3.89. The molecule has 0 amide bonds. The van der Waals surface area contributed by atoms with Gasteiger partial charge in [-0.1, -0.05) is 0 Å². The number of aryl methyl sites for hydroxylation is 2. The summed E-state index contributed by atoms with van der Waals surface area (Å²) < 4.78 is 7.22. The van der Waals surface area contributed by atoms with Crippen molar-refractivity contribution >= 4 is 11.9 Å². The maximum Gasteiger partial charge on any atom is 0.323 e. The lowest BCUT2D eigenvalue weighted by Gasteiger charge is -2.18. The Labute approximate surface area is 143 Å². The quantitative estimate of drug-likeness (QED) is 0.722. The molecule has 9 heteroatoms. The number of carboxylic acids is 1. The second kappa shape index (κ2) is 7.20. The fraction of sp³-hybridized carbons (Fsp3) is 0.375. The van der Waals surface area contributed by atoms with Crippen LogP contribution >= 0.6 is 0 Å². The number of carbonyl (C=O) groups excluding carboxylic acids is 1. The topological polar surface area (TPSA) is 124 Å². The van der Waals surface area contributed by atoms with Gasteiger partial charge in [0.15, 0.2) is 0 Å². The first kappa shape index (κ1) is 18.2. The summed E-state index contributed by atoms with van der Waals surface area (Å²) in [6, 6.07) is 1.31. The van der Waals surface area contributed by atoms with Crippen molar-refractivity contribution in [1.82, 2.24) is 14.3 Å². The predicted octanol–water partition coefficient (Wildman–Crippen LogP) is 0.375. The van der Waals surface area contributed by atoms with Crippen molar-refractivity contribution in [3.05, 3.63) is 45.6 Å². The Morgan fingerprint density at radius 3 is 2.60 bits per heavy atom. The number of aromatic nitrogens is 3. The number of carbonyl (C=O) groups is 2. The molecule has 0 aliphatic rings. The molecule has 2 rings (SSSR count). The van der Waals surface area contributed by atoms with Crippen LogP contribution in [0.1, 0.15) is 29.2 Å². The average molecular weight is 349 g/mol. The van der Waals surface area contributed by atoms with Crippen LogP contribution in [-0.4, -0.2) is 43.6 Å². The second-order valence-corrected chi connectivity index (χ2v) is 5.65. The van der Waals surface area contributed by atoms with Crippen molar-refractivity contribution < 1.29 is 24.5 Å². The zero-order chi connectivity index (χ0) is 18.7. The smallest absolute Gasteiger partial charge is 0.323 e. The standard InChI is InChI=1S/C16H19N3O6/c1-9-4-12(20)15(16(24)19(9)8-13(21)22)11(5-14(23)25-3)10-6-17-18(2)7-10/h4,6-7,11,20H,5,8H2,1-3H3,(H,21,22).